The highest BCUT2D eigenvalue weighted by Crippen LogP contribution is 1.97. The summed E-state index contributed by atoms with van der Waals surface area (Å²) in [5.41, 5.74) is 0.0906. The van der Waals surface area contributed by atoms with Crippen LogP contribution < -0.4 is 0 Å². The molecule has 0 unspecified atom stereocenters. The first kappa shape index (κ1) is 5.68. The van der Waals surface area contributed by atoms with Gasteiger partial charge in [-0.15, -0.1) is 0 Å². The SMILES string of the molecule is O=[C]c1cnc(O)cn1. The highest BCUT2D eigenvalue weighted by Gasteiger charge is 1.91. The Bertz CT molecular complexity index is 207. The Kier molecular flexibility index (Phi) is 1.40. The molecule has 1 N–H and O–H groups in total. The lowest BCUT2D eigenvalue weighted by Gasteiger charge is -1.86. The van der Waals surface area contributed by atoms with E-state index < -0.39 is 0 Å². The van der Waals surface area contributed by atoms with Crippen LogP contribution in [0.1, 0.15) is 5.69 Å². The van der Waals surface area contributed by atoms with Crippen LogP contribution in [-0.4, -0.2) is 21.4 Å². The Labute approximate surface area is 51.2 Å². The van der Waals surface area contributed by atoms with Crippen molar-refractivity contribution in [3.63, 3.8) is 0 Å². The normalized spacial score (nSPS) is 8.89. The molecular formula is C5H3N2O2. The summed E-state index contributed by atoms with van der Waals surface area (Å²) in [6.07, 6.45) is 3.74. The predicted octanol–water partition coefficient (Wildman–Crippen LogP) is -0.360. The molecule has 0 aromatic carbocycles. The fourth-order valence-electron chi connectivity index (χ4n) is 0.374. The average Bonchev–Trinajstić information content (AvgIpc) is 1.90. The minimum absolute atomic E-state index is 0.0906. The van der Waals surface area contributed by atoms with Gasteiger partial charge in [-0.25, -0.2) is 9.97 Å². The summed E-state index contributed by atoms with van der Waals surface area (Å²) in [6.45, 7) is 0. The maximum Gasteiger partial charge on any atom is 0.255 e. The van der Waals surface area contributed by atoms with E-state index in [-0.39, 0.29) is 11.6 Å². The molecule has 0 atom stereocenters. The third-order valence-electron chi connectivity index (χ3n) is 0.743. The molecular weight excluding hydrogens is 120 g/mol. The number of carbonyl (C=O) groups excluding carboxylic acids is 1. The summed E-state index contributed by atoms with van der Waals surface area (Å²) in [4.78, 5) is 16.6. The van der Waals surface area contributed by atoms with Gasteiger partial charge in [0.1, 0.15) is 5.69 Å². The van der Waals surface area contributed by atoms with Crippen LogP contribution in [0.5, 0.6) is 5.88 Å². The second-order valence-electron chi connectivity index (χ2n) is 1.36. The maximum absolute atomic E-state index is 9.81. The van der Waals surface area contributed by atoms with Gasteiger partial charge in [-0.05, 0) is 0 Å². The number of aromatic hydroxyl groups is 1. The largest absolute Gasteiger partial charge is 0.492 e. The standard InChI is InChI=1S/C5H3N2O2/c8-3-4-1-7-5(9)2-6-4/h1-2H,(H,7,9). The van der Waals surface area contributed by atoms with Crippen LogP contribution in [0.3, 0.4) is 0 Å². The van der Waals surface area contributed by atoms with Crippen LogP contribution in [0.25, 0.3) is 0 Å². The molecule has 0 saturated carbocycles. The first-order chi connectivity index (χ1) is 4.33. The van der Waals surface area contributed by atoms with Crippen molar-refractivity contribution in [3.05, 3.63) is 18.1 Å². The van der Waals surface area contributed by atoms with E-state index in [2.05, 4.69) is 9.97 Å². The van der Waals surface area contributed by atoms with E-state index in [4.69, 9.17) is 5.11 Å². The minimum atomic E-state index is -0.200. The number of nitrogens with zero attached hydrogens (tertiary/aromatic N) is 2. The van der Waals surface area contributed by atoms with Gasteiger partial charge in [-0.3, -0.25) is 4.79 Å². The van der Waals surface area contributed by atoms with Gasteiger partial charge in [-0.1, -0.05) is 0 Å². The molecule has 4 heteroatoms. The van der Waals surface area contributed by atoms with Crippen LogP contribution in [0.2, 0.25) is 0 Å². The fraction of sp³-hybridized carbons (Fsp3) is 0. The molecule has 0 aliphatic carbocycles. The van der Waals surface area contributed by atoms with Crippen molar-refractivity contribution in [2.75, 3.05) is 0 Å². The van der Waals surface area contributed by atoms with Gasteiger partial charge in [0.2, 0.25) is 5.88 Å². The van der Waals surface area contributed by atoms with Crippen LogP contribution in [0.4, 0.5) is 0 Å². The van der Waals surface area contributed by atoms with Crippen molar-refractivity contribution in [1.82, 2.24) is 9.97 Å². The second kappa shape index (κ2) is 2.21. The van der Waals surface area contributed by atoms with E-state index in [0.29, 0.717) is 0 Å². The van der Waals surface area contributed by atoms with Gasteiger partial charge in [0, 0.05) is 0 Å². The molecule has 0 bridgehead atoms. The quantitative estimate of drug-likeness (QED) is 0.553. The van der Waals surface area contributed by atoms with Gasteiger partial charge in [0.15, 0.2) is 0 Å². The monoisotopic (exact) mass is 123 g/mol. The summed E-state index contributed by atoms with van der Waals surface area (Å²) in [5.74, 6) is -0.200. The topological polar surface area (TPSA) is 63.1 Å². The molecule has 9 heavy (non-hydrogen) atoms. The molecule has 0 aliphatic rings. The van der Waals surface area contributed by atoms with E-state index in [1.807, 2.05) is 0 Å². The van der Waals surface area contributed by atoms with Crippen molar-refractivity contribution < 1.29 is 9.90 Å². The second-order valence-corrected chi connectivity index (χ2v) is 1.36. The Morgan fingerprint density at radius 3 is 2.67 bits per heavy atom. The van der Waals surface area contributed by atoms with E-state index in [1.54, 1.807) is 0 Å². The zero-order chi connectivity index (χ0) is 6.69. The third kappa shape index (κ3) is 1.22. The average molecular weight is 123 g/mol. The zero-order valence-corrected chi connectivity index (χ0v) is 4.40. The molecule has 1 heterocycles. The summed E-state index contributed by atoms with van der Waals surface area (Å²) < 4.78 is 0. The Hall–Kier alpha value is -1.45. The zero-order valence-electron chi connectivity index (χ0n) is 4.40. The van der Waals surface area contributed by atoms with Crippen molar-refractivity contribution >= 4 is 6.29 Å². The van der Waals surface area contributed by atoms with Crippen LogP contribution in [0.15, 0.2) is 12.4 Å². The molecule has 4 nitrogen and oxygen atoms in total. The van der Waals surface area contributed by atoms with Crippen molar-refractivity contribution in [2.45, 2.75) is 0 Å². The number of rotatable bonds is 1. The van der Waals surface area contributed by atoms with Crippen LogP contribution >= 0.6 is 0 Å². The fourth-order valence-corrected chi connectivity index (χ4v) is 0.374. The molecule has 0 saturated heterocycles. The first-order valence-electron chi connectivity index (χ1n) is 2.22. The molecule has 0 amide bonds. The number of aromatic nitrogens is 2. The third-order valence-corrected chi connectivity index (χ3v) is 0.743. The smallest absolute Gasteiger partial charge is 0.255 e. The lowest BCUT2D eigenvalue weighted by Crippen LogP contribution is -1.86. The molecule has 45 valence electrons. The highest BCUT2D eigenvalue weighted by molar-refractivity contribution is 5.71. The van der Waals surface area contributed by atoms with Gasteiger partial charge >= 0.3 is 0 Å². The van der Waals surface area contributed by atoms with Crippen molar-refractivity contribution in [2.24, 2.45) is 0 Å². The summed E-state index contributed by atoms with van der Waals surface area (Å²) in [5, 5.41) is 8.55. The van der Waals surface area contributed by atoms with Gasteiger partial charge in [0.05, 0.1) is 12.4 Å². The highest BCUT2D eigenvalue weighted by atomic mass is 16.3. The van der Waals surface area contributed by atoms with E-state index in [9.17, 15) is 4.79 Å². The number of hydrogen-bond donors (Lipinski definition) is 1. The van der Waals surface area contributed by atoms with Gasteiger partial charge < -0.3 is 5.11 Å². The minimum Gasteiger partial charge on any atom is -0.492 e. The molecule has 0 fully saturated rings. The Morgan fingerprint density at radius 1 is 1.44 bits per heavy atom. The summed E-state index contributed by atoms with van der Waals surface area (Å²) in [6, 6.07) is 0. The lowest BCUT2D eigenvalue weighted by molar-refractivity contribution is 0.450. The number of hydrogen-bond acceptors (Lipinski definition) is 4. The van der Waals surface area contributed by atoms with E-state index in [1.165, 1.54) is 6.29 Å². The van der Waals surface area contributed by atoms with Gasteiger partial charge in [-0.2, -0.15) is 0 Å². The van der Waals surface area contributed by atoms with Gasteiger partial charge in [0.25, 0.3) is 6.29 Å². The molecule has 1 aromatic heterocycles. The molecule has 0 aliphatic heterocycles. The predicted molar refractivity (Wildman–Crippen MR) is 28.5 cm³/mol. The first-order valence-corrected chi connectivity index (χ1v) is 2.22. The molecule has 1 aromatic rings. The van der Waals surface area contributed by atoms with E-state index in [0.717, 1.165) is 12.4 Å². The van der Waals surface area contributed by atoms with Crippen molar-refractivity contribution in [1.29, 1.82) is 0 Å². The van der Waals surface area contributed by atoms with E-state index >= 15 is 0 Å². The Balaban J connectivity index is 3.01. The summed E-state index contributed by atoms with van der Waals surface area (Å²) in [7, 11) is 0. The van der Waals surface area contributed by atoms with Crippen LogP contribution in [-0.2, 0) is 4.79 Å². The summed E-state index contributed by atoms with van der Waals surface area (Å²) >= 11 is 0. The molecule has 0 spiro atoms. The molecule has 1 rings (SSSR count). The Morgan fingerprint density at radius 2 is 2.22 bits per heavy atom. The lowest BCUT2D eigenvalue weighted by atomic mass is 10.5. The van der Waals surface area contributed by atoms with Crippen molar-refractivity contribution in [3.8, 4) is 5.88 Å². The maximum atomic E-state index is 9.81. The van der Waals surface area contributed by atoms with Crippen LogP contribution in [0, 0.1) is 0 Å². The molecule has 1 radical (unpaired) electrons.